The molecule has 0 spiro atoms. The molecule has 134 valence electrons. The van der Waals surface area contributed by atoms with Crippen molar-refractivity contribution in [3.05, 3.63) is 29.8 Å². The molecule has 1 aliphatic heterocycles. The molecule has 1 fully saturated rings. The largest absolute Gasteiger partial charge is 0.351 e. The van der Waals surface area contributed by atoms with Crippen molar-refractivity contribution in [2.75, 3.05) is 26.2 Å². The molecule has 1 atom stereocenters. The summed E-state index contributed by atoms with van der Waals surface area (Å²) in [4.78, 5) is 14.4. The van der Waals surface area contributed by atoms with Crippen molar-refractivity contribution < 1.29 is 13.2 Å². The highest BCUT2D eigenvalue weighted by Gasteiger charge is 2.18. The first-order valence-corrected chi connectivity index (χ1v) is 9.93. The van der Waals surface area contributed by atoms with Crippen LogP contribution in [-0.4, -0.2) is 51.4 Å². The van der Waals surface area contributed by atoms with Crippen molar-refractivity contribution >= 4 is 15.9 Å². The van der Waals surface area contributed by atoms with Gasteiger partial charge in [-0.2, -0.15) is 0 Å². The van der Waals surface area contributed by atoms with E-state index in [4.69, 9.17) is 0 Å². The summed E-state index contributed by atoms with van der Waals surface area (Å²) in [5.41, 5.74) is 1.01. The summed E-state index contributed by atoms with van der Waals surface area (Å²) in [5, 5.41) is 2.85. The van der Waals surface area contributed by atoms with Gasteiger partial charge in [0.15, 0.2) is 0 Å². The smallest absolute Gasteiger partial charge is 0.240 e. The summed E-state index contributed by atoms with van der Waals surface area (Å²) in [7, 11) is -3.55. The van der Waals surface area contributed by atoms with E-state index in [1.807, 2.05) is 6.92 Å². The van der Waals surface area contributed by atoms with Gasteiger partial charge in [0, 0.05) is 12.6 Å². The Hall–Kier alpha value is -1.44. The molecule has 2 N–H and O–H groups in total. The number of hydrogen-bond donors (Lipinski definition) is 2. The number of aryl methyl sites for hydroxylation is 1. The fraction of sp³-hybridized carbons (Fsp3) is 0.588. The van der Waals surface area contributed by atoms with Crippen molar-refractivity contribution in [1.82, 2.24) is 14.9 Å². The van der Waals surface area contributed by atoms with E-state index < -0.39 is 10.0 Å². The van der Waals surface area contributed by atoms with Crippen LogP contribution in [0.5, 0.6) is 0 Å². The number of rotatable bonds is 7. The third-order valence-corrected chi connectivity index (χ3v) is 5.57. The van der Waals surface area contributed by atoms with Crippen LogP contribution < -0.4 is 10.0 Å². The van der Waals surface area contributed by atoms with E-state index in [-0.39, 0.29) is 23.4 Å². The number of carbonyl (C=O) groups is 1. The predicted molar refractivity (Wildman–Crippen MR) is 94.3 cm³/mol. The van der Waals surface area contributed by atoms with Crippen LogP contribution in [0.3, 0.4) is 0 Å². The van der Waals surface area contributed by atoms with E-state index >= 15 is 0 Å². The van der Waals surface area contributed by atoms with Crippen LogP contribution in [0.2, 0.25) is 0 Å². The summed E-state index contributed by atoms with van der Waals surface area (Å²) in [6.07, 6.45) is 3.51. The van der Waals surface area contributed by atoms with Crippen LogP contribution in [-0.2, 0) is 14.8 Å². The Balaban J connectivity index is 1.78. The van der Waals surface area contributed by atoms with Crippen molar-refractivity contribution in [3.8, 4) is 0 Å². The third kappa shape index (κ3) is 5.89. The normalized spacial score (nSPS) is 17.4. The third-order valence-electron chi connectivity index (χ3n) is 4.13. The lowest BCUT2D eigenvalue weighted by Crippen LogP contribution is -2.46. The molecule has 0 aliphatic carbocycles. The van der Waals surface area contributed by atoms with Crippen LogP contribution in [0.25, 0.3) is 0 Å². The molecule has 1 saturated heterocycles. The molecule has 0 unspecified atom stereocenters. The van der Waals surface area contributed by atoms with Crippen molar-refractivity contribution in [1.29, 1.82) is 0 Å². The van der Waals surface area contributed by atoms with Crippen LogP contribution in [0.4, 0.5) is 0 Å². The Morgan fingerprint density at radius 3 is 2.42 bits per heavy atom. The van der Waals surface area contributed by atoms with Crippen molar-refractivity contribution in [3.63, 3.8) is 0 Å². The Bertz CT molecular complexity index is 638. The minimum Gasteiger partial charge on any atom is -0.351 e. The van der Waals surface area contributed by atoms with Gasteiger partial charge in [-0.05, 0) is 51.9 Å². The molecular formula is C17H27N3O3S. The lowest BCUT2D eigenvalue weighted by Gasteiger charge is -2.26. The van der Waals surface area contributed by atoms with E-state index in [0.29, 0.717) is 6.54 Å². The van der Waals surface area contributed by atoms with Gasteiger partial charge in [-0.15, -0.1) is 0 Å². The molecule has 7 heteroatoms. The van der Waals surface area contributed by atoms with E-state index in [1.165, 1.54) is 6.42 Å². The molecule has 6 nitrogen and oxygen atoms in total. The van der Waals surface area contributed by atoms with Crippen LogP contribution in [0.15, 0.2) is 29.2 Å². The number of carbonyl (C=O) groups excluding carboxylic acids is 1. The zero-order valence-electron chi connectivity index (χ0n) is 14.4. The van der Waals surface area contributed by atoms with Crippen LogP contribution in [0.1, 0.15) is 31.7 Å². The van der Waals surface area contributed by atoms with Gasteiger partial charge in [0.2, 0.25) is 15.9 Å². The molecular weight excluding hydrogens is 326 g/mol. The number of sulfonamides is 1. The molecule has 2 rings (SSSR count). The molecule has 1 aromatic carbocycles. The standard InChI is InChI=1S/C17H27N3O3S/c1-14-6-8-16(9-7-14)24(22,23)18-12-15(2)19-17(21)13-20-10-4-3-5-11-20/h6-9,15,18H,3-5,10-13H2,1-2H3,(H,19,21)/t15-/m0/s1. The van der Waals surface area contributed by atoms with Crippen LogP contribution in [0, 0.1) is 6.92 Å². The van der Waals surface area contributed by atoms with Gasteiger partial charge in [0.25, 0.3) is 0 Å². The summed E-state index contributed by atoms with van der Waals surface area (Å²) in [5.74, 6) is -0.0565. The number of hydrogen-bond acceptors (Lipinski definition) is 4. The molecule has 24 heavy (non-hydrogen) atoms. The van der Waals surface area contributed by atoms with Crippen molar-refractivity contribution in [2.24, 2.45) is 0 Å². The first kappa shape index (κ1) is 18.9. The Kier molecular flexibility index (Phi) is 6.77. The van der Waals surface area contributed by atoms with Gasteiger partial charge in [-0.25, -0.2) is 13.1 Å². The monoisotopic (exact) mass is 353 g/mol. The predicted octanol–water partition coefficient (Wildman–Crippen LogP) is 1.26. The molecule has 1 amide bonds. The molecule has 1 heterocycles. The molecule has 0 aromatic heterocycles. The number of amides is 1. The van der Waals surface area contributed by atoms with Crippen LogP contribution >= 0.6 is 0 Å². The van der Waals surface area contributed by atoms with E-state index in [2.05, 4.69) is 14.9 Å². The highest BCUT2D eigenvalue weighted by atomic mass is 32.2. The molecule has 1 aliphatic rings. The summed E-state index contributed by atoms with van der Waals surface area (Å²) in [6, 6.07) is 6.42. The fourth-order valence-corrected chi connectivity index (χ4v) is 3.86. The van der Waals surface area contributed by atoms with E-state index in [0.717, 1.165) is 31.5 Å². The van der Waals surface area contributed by atoms with Gasteiger partial charge in [0.1, 0.15) is 0 Å². The number of nitrogens with one attached hydrogen (secondary N) is 2. The average Bonchev–Trinajstić information content (AvgIpc) is 2.54. The lowest BCUT2D eigenvalue weighted by atomic mass is 10.1. The first-order valence-electron chi connectivity index (χ1n) is 8.45. The van der Waals surface area contributed by atoms with E-state index in [9.17, 15) is 13.2 Å². The van der Waals surface area contributed by atoms with Crippen molar-refractivity contribution in [2.45, 2.75) is 44.0 Å². The first-order chi connectivity index (χ1) is 11.4. The number of nitrogens with zero attached hydrogens (tertiary/aromatic N) is 1. The quantitative estimate of drug-likeness (QED) is 0.774. The second-order valence-corrected chi connectivity index (χ2v) is 8.24. The average molecular weight is 353 g/mol. The second kappa shape index (κ2) is 8.60. The topological polar surface area (TPSA) is 78.5 Å². The Morgan fingerprint density at radius 2 is 1.79 bits per heavy atom. The van der Waals surface area contributed by atoms with Gasteiger partial charge in [-0.3, -0.25) is 9.69 Å². The number of likely N-dealkylation sites (tertiary alicyclic amines) is 1. The van der Waals surface area contributed by atoms with Gasteiger partial charge in [0.05, 0.1) is 11.4 Å². The van der Waals surface area contributed by atoms with E-state index in [1.54, 1.807) is 31.2 Å². The zero-order chi connectivity index (χ0) is 17.6. The maximum Gasteiger partial charge on any atom is 0.240 e. The van der Waals surface area contributed by atoms with Gasteiger partial charge in [-0.1, -0.05) is 24.1 Å². The number of benzene rings is 1. The Labute approximate surface area is 144 Å². The van der Waals surface area contributed by atoms with Gasteiger partial charge >= 0.3 is 0 Å². The highest BCUT2D eigenvalue weighted by Crippen LogP contribution is 2.10. The fourth-order valence-electron chi connectivity index (χ4n) is 2.73. The number of piperidine rings is 1. The molecule has 1 aromatic rings. The maximum atomic E-state index is 12.2. The molecule has 0 radical (unpaired) electrons. The van der Waals surface area contributed by atoms with Gasteiger partial charge < -0.3 is 5.32 Å². The maximum absolute atomic E-state index is 12.2. The summed E-state index contributed by atoms with van der Waals surface area (Å²) < 4.78 is 27.0. The minimum absolute atomic E-state index is 0.0565. The Morgan fingerprint density at radius 1 is 1.17 bits per heavy atom. The summed E-state index contributed by atoms with van der Waals surface area (Å²) >= 11 is 0. The molecule has 0 saturated carbocycles. The SMILES string of the molecule is Cc1ccc(S(=O)(=O)NC[C@H](C)NC(=O)CN2CCCCC2)cc1. The summed E-state index contributed by atoms with van der Waals surface area (Å²) in [6.45, 7) is 6.18. The minimum atomic E-state index is -3.55. The lowest BCUT2D eigenvalue weighted by molar-refractivity contribution is -0.123. The molecule has 0 bridgehead atoms. The zero-order valence-corrected chi connectivity index (χ0v) is 15.2. The second-order valence-electron chi connectivity index (χ2n) is 6.47. The highest BCUT2D eigenvalue weighted by molar-refractivity contribution is 7.89.